The van der Waals surface area contributed by atoms with Crippen molar-refractivity contribution in [1.29, 1.82) is 0 Å². The molecule has 0 spiro atoms. The summed E-state index contributed by atoms with van der Waals surface area (Å²) in [5.41, 5.74) is 9.17. The summed E-state index contributed by atoms with van der Waals surface area (Å²) in [7, 11) is 0. The maximum atomic E-state index is 11.7. The van der Waals surface area contributed by atoms with Gasteiger partial charge in [-0.15, -0.1) is 0 Å². The summed E-state index contributed by atoms with van der Waals surface area (Å²) >= 11 is 0. The van der Waals surface area contributed by atoms with E-state index >= 15 is 0 Å². The average molecular weight is 261 g/mol. The van der Waals surface area contributed by atoms with Crippen LogP contribution >= 0.6 is 0 Å². The molecule has 0 unspecified atom stereocenters. The summed E-state index contributed by atoms with van der Waals surface area (Å²) in [4.78, 5) is 14.0. The summed E-state index contributed by atoms with van der Waals surface area (Å²) < 4.78 is 0. The van der Waals surface area contributed by atoms with E-state index in [0.29, 0.717) is 6.42 Å². The van der Waals surface area contributed by atoms with Crippen molar-refractivity contribution in [2.45, 2.75) is 39.2 Å². The van der Waals surface area contributed by atoms with Gasteiger partial charge in [-0.1, -0.05) is 0 Å². The zero-order chi connectivity index (χ0) is 13.8. The second-order valence-electron chi connectivity index (χ2n) is 5.45. The Balaban J connectivity index is 1.98. The van der Waals surface area contributed by atoms with Crippen LogP contribution in [0.2, 0.25) is 0 Å². The highest BCUT2D eigenvalue weighted by Crippen LogP contribution is 2.28. The van der Waals surface area contributed by atoms with Crippen molar-refractivity contribution >= 4 is 17.3 Å². The van der Waals surface area contributed by atoms with E-state index in [1.165, 1.54) is 11.3 Å². The van der Waals surface area contributed by atoms with E-state index in [4.69, 9.17) is 5.73 Å². The number of carbonyl (C=O) groups excluding carboxylic acids is 1. The molecule has 0 radical (unpaired) electrons. The van der Waals surface area contributed by atoms with Crippen LogP contribution in [0.1, 0.15) is 32.3 Å². The molecule has 4 heteroatoms. The molecule has 1 amide bonds. The van der Waals surface area contributed by atoms with E-state index in [0.717, 1.165) is 31.6 Å². The molecule has 1 aliphatic rings. The number of nitrogens with one attached hydrogen (secondary N) is 1. The number of nitrogens with zero attached hydrogens (tertiary/aromatic N) is 1. The highest BCUT2D eigenvalue weighted by Gasteiger charge is 2.17. The van der Waals surface area contributed by atoms with Crippen LogP contribution in [-0.4, -0.2) is 25.0 Å². The second kappa shape index (κ2) is 5.95. The summed E-state index contributed by atoms with van der Waals surface area (Å²) in [5, 5.41) is 2.93. The highest BCUT2D eigenvalue weighted by molar-refractivity contribution is 5.77. The van der Waals surface area contributed by atoms with Crippen molar-refractivity contribution in [1.82, 2.24) is 5.32 Å². The molecule has 1 aliphatic heterocycles. The Labute approximate surface area is 115 Å². The van der Waals surface area contributed by atoms with Gasteiger partial charge >= 0.3 is 0 Å². The molecule has 0 saturated carbocycles. The Bertz CT molecular complexity index is 457. The first-order chi connectivity index (χ1) is 9.06. The summed E-state index contributed by atoms with van der Waals surface area (Å²) in [6, 6.07) is 6.27. The van der Waals surface area contributed by atoms with Gasteiger partial charge in [-0.2, -0.15) is 0 Å². The van der Waals surface area contributed by atoms with Gasteiger partial charge in [-0.3, -0.25) is 4.79 Å². The number of nitrogens with two attached hydrogens (primary N) is 1. The Morgan fingerprint density at radius 2 is 2.26 bits per heavy atom. The van der Waals surface area contributed by atoms with Gasteiger partial charge in [-0.25, -0.2) is 0 Å². The molecule has 0 aromatic heterocycles. The minimum absolute atomic E-state index is 0.123. The Hall–Kier alpha value is -1.71. The van der Waals surface area contributed by atoms with Crippen LogP contribution in [0.15, 0.2) is 18.2 Å². The Morgan fingerprint density at radius 1 is 1.47 bits per heavy atom. The molecule has 0 bridgehead atoms. The number of rotatable bonds is 4. The molecular weight excluding hydrogens is 238 g/mol. The minimum atomic E-state index is 0.123. The summed E-state index contributed by atoms with van der Waals surface area (Å²) in [6.45, 7) is 5.76. The fraction of sp³-hybridized carbons (Fsp3) is 0.533. The average Bonchev–Trinajstić information content (AvgIpc) is 2.35. The fourth-order valence-electron chi connectivity index (χ4n) is 2.56. The molecule has 1 aromatic rings. The van der Waals surface area contributed by atoms with Crippen LogP contribution < -0.4 is 16.0 Å². The zero-order valence-electron chi connectivity index (χ0n) is 11.8. The van der Waals surface area contributed by atoms with E-state index in [2.05, 4.69) is 22.3 Å². The van der Waals surface area contributed by atoms with Gasteiger partial charge in [-0.05, 0) is 50.5 Å². The number of hydrogen-bond acceptors (Lipinski definition) is 3. The van der Waals surface area contributed by atoms with Gasteiger partial charge in [0.25, 0.3) is 0 Å². The monoisotopic (exact) mass is 261 g/mol. The number of hydrogen-bond donors (Lipinski definition) is 2. The number of aryl methyl sites for hydroxylation is 1. The minimum Gasteiger partial charge on any atom is -0.399 e. The molecule has 0 aliphatic carbocycles. The standard InChI is InChI=1S/C15H23N3O/c1-11(2)17-15(19)7-9-18-8-3-4-12-10-13(16)5-6-14(12)18/h5-6,10-11H,3-4,7-9,16H2,1-2H3,(H,17,19). The molecule has 104 valence electrons. The van der Waals surface area contributed by atoms with Crippen LogP contribution in [0.5, 0.6) is 0 Å². The molecule has 19 heavy (non-hydrogen) atoms. The van der Waals surface area contributed by atoms with Crippen LogP contribution in [0.25, 0.3) is 0 Å². The zero-order valence-corrected chi connectivity index (χ0v) is 11.8. The summed E-state index contributed by atoms with van der Waals surface area (Å²) in [5.74, 6) is 0.123. The molecule has 1 heterocycles. The lowest BCUT2D eigenvalue weighted by Crippen LogP contribution is -2.36. The second-order valence-corrected chi connectivity index (χ2v) is 5.45. The van der Waals surface area contributed by atoms with E-state index in [1.807, 2.05) is 19.9 Å². The molecule has 1 aromatic carbocycles. The molecule has 0 atom stereocenters. The molecule has 3 N–H and O–H groups in total. The smallest absolute Gasteiger partial charge is 0.221 e. The van der Waals surface area contributed by atoms with Crippen molar-refractivity contribution in [2.24, 2.45) is 0 Å². The maximum Gasteiger partial charge on any atom is 0.221 e. The molecular formula is C15H23N3O. The SMILES string of the molecule is CC(C)NC(=O)CCN1CCCc2cc(N)ccc21. The largest absolute Gasteiger partial charge is 0.399 e. The molecule has 2 rings (SSSR count). The topological polar surface area (TPSA) is 58.4 Å². The lowest BCUT2D eigenvalue weighted by atomic mass is 10.0. The van der Waals surface area contributed by atoms with Crippen LogP contribution in [0, 0.1) is 0 Å². The number of fused-ring (bicyclic) bond motifs is 1. The van der Waals surface area contributed by atoms with E-state index in [9.17, 15) is 4.79 Å². The fourth-order valence-corrected chi connectivity index (χ4v) is 2.56. The number of benzene rings is 1. The van der Waals surface area contributed by atoms with E-state index < -0.39 is 0 Å². The lowest BCUT2D eigenvalue weighted by Gasteiger charge is -2.31. The van der Waals surface area contributed by atoms with Gasteiger partial charge in [0.1, 0.15) is 0 Å². The summed E-state index contributed by atoms with van der Waals surface area (Å²) in [6.07, 6.45) is 2.75. The van der Waals surface area contributed by atoms with Crippen molar-refractivity contribution in [3.63, 3.8) is 0 Å². The molecule has 0 fully saturated rings. The third kappa shape index (κ3) is 3.63. The van der Waals surface area contributed by atoms with Gasteiger partial charge in [0.15, 0.2) is 0 Å². The first-order valence-corrected chi connectivity index (χ1v) is 6.99. The van der Waals surface area contributed by atoms with Gasteiger partial charge in [0.2, 0.25) is 5.91 Å². The third-order valence-electron chi connectivity index (χ3n) is 3.38. The quantitative estimate of drug-likeness (QED) is 0.814. The number of nitrogen functional groups attached to an aromatic ring is 1. The van der Waals surface area contributed by atoms with Crippen molar-refractivity contribution in [2.75, 3.05) is 23.7 Å². The Morgan fingerprint density at radius 3 is 3.00 bits per heavy atom. The predicted octanol–water partition coefficient (Wildman–Crippen LogP) is 1.94. The van der Waals surface area contributed by atoms with E-state index in [-0.39, 0.29) is 11.9 Å². The van der Waals surface area contributed by atoms with Gasteiger partial charge < -0.3 is 16.0 Å². The van der Waals surface area contributed by atoms with Crippen molar-refractivity contribution < 1.29 is 4.79 Å². The lowest BCUT2D eigenvalue weighted by molar-refractivity contribution is -0.121. The number of anilines is 2. The first kappa shape index (κ1) is 13.7. The predicted molar refractivity (Wildman–Crippen MR) is 79.3 cm³/mol. The Kier molecular flexibility index (Phi) is 4.30. The number of amides is 1. The van der Waals surface area contributed by atoms with Crippen molar-refractivity contribution in [3.8, 4) is 0 Å². The maximum absolute atomic E-state index is 11.7. The first-order valence-electron chi connectivity index (χ1n) is 6.99. The normalized spacial score (nSPS) is 14.4. The van der Waals surface area contributed by atoms with Gasteiger partial charge in [0, 0.05) is 36.9 Å². The molecule has 4 nitrogen and oxygen atoms in total. The van der Waals surface area contributed by atoms with Crippen molar-refractivity contribution in [3.05, 3.63) is 23.8 Å². The van der Waals surface area contributed by atoms with Crippen LogP contribution in [0.3, 0.4) is 0 Å². The van der Waals surface area contributed by atoms with Gasteiger partial charge in [0.05, 0.1) is 0 Å². The van der Waals surface area contributed by atoms with E-state index in [1.54, 1.807) is 0 Å². The third-order valence-corrected chi connectivity index (χ3v) is 3.38. The highest BCUT2D eigenvalue weighted by atomic mass is 16.1. The van der Waals surface area contributed by atoms with Crippen LogP contribution in [-0.2, 0) is 11.2 Å². The number of carbonyl (C=O) groups is 1. The van der Waals surface area contributed by atoms with Crippen LogP contribution in [0.4, 0.5) is 11.4 Å². The molecule has 0 saturated heterocycles.